The highest BCUT2D eigenvalue weighted by atomic mass is 16.3. The molecule has 1 aliphatic carbocycles. The molecule has 0 fully saturated rings. The number of fused-ring (bicyclic) bond motifs is 1. The van der Waals surface area contributed by atoms with Gasteiger partial charge in [-0.3, -0.25) is 4.79 Å². The molecule has 1 aromatic carbocycles. The van der Waals surface area contributed by atoms with Crippen LogP contribution in [-0.2, 0) is 6.42 Å². The first-order valence-electron chi connectivity index (χ1n) is 9.00. The lowest BCUT2D eigenvalue weighted by Crippen LogP contribution is -2.36. The lowest BCUT2D eigenvalue weighted by Gasteiger charge is -2.37. The number of Topliss-reactive ketones (excluding diaryl/α,β-unsaturated/α-hetero) is 1. The topological polar surface area (TPSA) is 37.3 Å². The number of hydrogen-bond donors (Lipinski definition) is 1. The second kappa shape index (κ2) is 7.80. The Morgan fingerprint density at radius 2 is 1.68 bits per heavy atom. The van der Waals surface area contributed by atoms with Crippen LogP contribution in [0.15, 0.2) is 18.2 Å². The molecule has 1 aromatic rings. The molecule has 0 saturated carbocycles. The summed E-state index contributed by atoms with van der Waals surface area (Å²) >= 11 is 0. The van der Waals surface area contributed by atoms with Crippen molar-refractivity contribution in [3.63, 3.8) is 0 Å². The molecule has 0 unspecified atom stereocenters. The van der Waals surface area contributed by atoms with Crippen LogP contribution in [0.4, 0.5) is 0 Å². The van der Waals surface area contributed by atoms with Crippen molar-refractivity contribution >= 4 is 5.78 Å². The van der Waals surface area contributed by atoms with Gasteiger partial charge in [0.25, 0.3) is 0 Å². The van der Waals surface area contributed by atoms with E-state index in [4.69, 9.17) is 0 Å². The average molecular weight is 302 g/mol. The van der Waals surface area contributed by atoms with E-state index in [1.54, 1.807) is 12.1 Å². The fourth-order valence-electron chi connectivity index (χ4n) is 3.84. The van der Waals surface area contributed by atoms with Crippen molar-refractivity contribution in [1.29, 1.82) is 0 Å². The van der Waals surface area contributed by atoms with E-state index in [9.17, 15) is 9.90 Å². The molecule has 0 spiro atoms. The normalized spacial score (nSPS) is 16.5. The second-order valence-electron chi connectivity index (χ2n) is 6.83. The lowest BCUT2D eigenvalue weighted by atomic mass is 9.65. The van der Waals surface area contributed by atoms with E-state index in [0.717, 1.165) is 49.7 Å². The first kappa shape index (κ1) is 17.1. The van der Waals surface area contributed by atoms with Gasteiger partial charge in [-0.15, -0.1) is 0 Å². The molecule has 0 heterocycles. The van der Waals surface area contributed by atoms with Crippen molar-refractivity contribution in [2.75, 3.05) is 0 Å². The van der Waals surface area contributed by atoms with Gasteiger partial charge < -0.3 is 5.11 Å². The van der Waals surface area contributed by atoms with E-state index >= 15 is 0 Å². The highest BCUT2D eigenvalue weighted by Gasteiger charge is 2.41. The minimum atomic E-state index is -0.175. The third kappa shape index (κ3) is 3.53. The van der Waals surface area contributed by atoms with Crippen LogP contribution in [0.3, 0.4) is 0 Å². The number of ketones is 1. The summed E-state index contributed by atoms with van der Waals surface area (Å²) in [5.41, 5.74) is 1.47. The average Bonchev–Trinajstić information content (AvgIpc) is 2.52. The largest absolute Gasteiger partial charge is 0.508 e. The number of carbonyl (C=O) groups excluding carboxylic acids is 1. The van der Waals surface area contributed by atoms with Crippen molar-refractivity contribution in [3.8, 4) is 5.75 Å². The summed E-state index contributed by atoms with van der Waals surface area (Å²) in [6.07, 6.45) is 10.8. The molecular formula is C20H30O2. The van der Waals surface area contributed by atoms with Crippen LogP contribution in [0, 0.1) is 5.41 Å². The first-order valence-corrected chi connectivity index (χ1v) is 9.00. The van der Waals surface area contributed by atoms with Gasteiger partial charge in [0, 0.05) is 16.5 Å². The van der Waals surface area contributed by atoms with Crippen molar-refractivity contribution in [2.24, 2.45) is 5.41 Å². The molecule has 0 amide bonds. The maximum atomic E-state index is 13.2. The van der Waals surface area contributed by atoms with Gasteiger partial charge in [-0.1, -0.05) is 64.5 Å². The molecular weight excluding hydrogens is 272 g/mol. The molecule has 1 aliphatic rings. The minimum Gasteiger partial charge on any atom is -0.508 e. The van der Waals surface area contributed by atoms with E-state index in [2.05, 4.69) is 13.8 Å². The Morgan fingerprint density at radius 1 is 1.05 bits per heavy atom. The predicted octanol–water partition coefficient (Wildman–Crippen LogP) is 5.67. The van der Waals surface area contributed by atoms with Crippen LogP contribution in [0.5, 0.6) is 5.75 Å². The number of aromatic hydroxyl groups is 1. The molecule has 0 aliphatic heterocycles. The van der Waals surface area contributed by atoms with Gasteiger partial charge in [0.15, 0.2) is 5.78 Å². The standard InChI is InChI=1S/C20H30O2/c1-3-5-7-13-20(14-8-6-4-2)15-12-16-17(19(20)22)10-9-11-18(16)21/h9-11,21H,3-8,12-15H2,1-2H3. The fourth-order valence-corrected chi connectivity index (χ4v) is 3.84. The zero-order valence-corrected chi connectivity index (χ0v) is 14.2. The van der Waals surface area contributed by atoms with Gasteiger partial charge in [-0.05, 0) is 31.7 Å². The van der Waals surface area contributed by atoms with E-state index < -0.39 is 0 Å². The number of hydrogen-bond acceptors (Lipinski definition) is 2. The summed E-state index contributed by atoms with van der Waals surface area (Å²) in [5.74, 6) is 0.582. The second-order valence-corrected chi connectivity index (χ2v) is 6.83. The predicted molar refractivity (Wildman–Crippen MR) is 91.5 cm³/mol. The number of carbonyl (C=O) groups is 1. The van der Waals surface area contributed by atoms with Gasteiger partial charge >= 0.3 is 0 Å². The van der Waals surface area contributed by atoms with Crippen molar-refractivity contribution < 1.29 is 9.90 Å². The van der Waals surface area contributed by atoms with E-state index in [-0.39, 0.29) is 11.2 Å². The molecule has 22 heavy (non-hydrogen) atoms. The highest BCUT2D eigenvalue weighted by Crippen LogP contribution is 2.45. The summed E-state index contributed by atoms with van der Waals surface area (Å²) in [5, 5.41) is 10.0. The van der Waals surface area contributed by atoms with Crippen LogP contribution in [0.1, 0.15) is 87.6 Å². The van der Waals surface area contributed by atoms with Gasteiger partial charge in [-0.25, -0.2) is 0 Å². The van der Waals surface area contributed by atoms with Crippen molar-refractivity contribution in [2.45, 2.75) is 78.1 Å². The Hall–Kier alpha value is -1.31. The van der Waals surface area contributed by atoms with E-state index in [1.807, 2.05) is 6.07 Å². The molecule has 2 nitrogen and oxygen atoms in total. The summed E-state index contributed by atoms with van der Waals surface area (Å²) in [6, 6.07) is 5.42. The molecule has 0 bridgehead atoms. The van der Waals surface area contributed by atoms with E-state index in [0.29, 0.717) is 5.75 Å². The number of benzene rings is 1. The van der Waals surface area contributed by atoms with E-state index in [1.165, 1.54) is 25.7 Å². The van der Waals surface area contributed by atoms with Gasteiger partial charge in [-0.2, -0.15) is 0 Å². The van der Waals surface area contributed by atoms with Crippen LogP contribution in [-0.4, -0.2) is 10.9 Å². The minimum absolute atomic E-state index is 0.175. The number of rotatable bonds is 8. The third-order valence-electron chi connectivity index (χ3n) is 5.25. The Balaban J connectivity index is 2.23. The van der Waals surface area contributed by atoms with Gasteiger partial charge in [0.05, 0.1) is 0 Å². The zero-order valence-electron chi connectivity index (χ0n) is 14.2. The Labute approximate surface area is 134 Å². The van der Waals surface area contributed by atoms with Crippen LogP contribution >= 0.6 is 0 Å². The molecule has 0 radical (unpaired) electrons. The summed E-state index contributed by atoms with van der Waals surface area (Å²) in [7, 11) is 0. The summed E-state index contributed by atoms with van der Waals surface area (Å²) < 4.78 is 0. The van der Waals surface area contributed by atoms with Gasteiger partial charge in [0.1, 0.15) is 5.75 Å². The maximum Gasteiger partial charge on any atom is 0.169 e. The Bertz CT molecular complexity index is 494. The Kier molecular flexibility index (Phi) is 6.05. The quantitative estimate of drug-likeness (QED) is 0.628. The molecule has 1 N–H and O–H groups in total. The molecule has 2 rings (SSSR count). The fraction of sp³-hybridized carbons (Fsp3) is 0.650. The maximum absolute atomic E-state index is 13.2. The van der Waals surface area contributed by atoms with Crippen LogP contribution in [0.2, 0.25) is 0 Å². The lowest BCUT2D eigenvalue weighted by molar-refractivity contribution is 0.0704. The molecule has 0 atom stereocenters. The van der Waals surface area contributed by atoms with Crippen molar-refractivity contribution in [3.05, 3.63) is 29.3 Å². The first-order chi connectivity index (χ1) is 10.6. The third-order valence-corrected chi connectivity index (χ3v) is 5.25. The number of unbranched alkanes of at least 4 members (excludes halogenated alkanes) is 4. The summed E-state index contributed by atoms with van der Waals surface area (Å²) in [4.78, 5) is 13.2. The SMILES string of the molecule is CCCCCC1(CCCCC)CCc2c(O)cccc2C1=O. The highest BCUT2D eigenvalue weighted by molar-refractivity contribution is 6.03. The molecule has 122 valence electrons. The molecule has 2 heteroatoms. The Morgan fingerprint density at radius 3 is 2.27 bits per heavy atom. The molecule has 0 saturated heterocycles. The van der Waals surface area contributed by atoms with Crippen LogP contribution < -0.4 is 0 Å². The smallest absolute Gasteiger partial charge is 0.169 e. The molecule has 0 aromatic heterocycles. The van der Waals surface area contributed by atoms with Crippen LogP contribution in [0.25, 0.3) is 0 Å². The monoisotopic (exact) mass is 302 g/mol. The van der Waals surface area contributed by atoms with Crippen molar-refractivity contribution in [1.82, 2.24) is 0 Å². The summed E-state index contributed by atoms with van der Waals surface area (Å²) in [6.45, 7) is 4.42. The number of phenols is 1. The number of phenolic OH excluding ortho intramolecular Hbond substituents is 1. The zero-order chi connectivity index (χ0) is 16.0. The van der Waals surface area contributed by atoms with Gasteiger partial charge in [0.2, 0.25) is 0 Å².